The van der Waals surface area contributed by atoms with Crippen molar-refractivity contribution < 1.29 is 0 Å². The molecule has 0 aliphatic carbocycles. The molecule has 2 aliphatic rings. The monoisotopic (exact) mass is 732 g/mol. The molecule has 6 heteroatoms. The third kappa shape index (κ3) is 7.19. The van der Waals surface area contributed by atoms with Crippen molar-refractivity contribution in [2.45, 2.75) is 112 Å². The van der Waals surface area contributed by atoms with Crippen LogP contribution in [0, 0.1) is 0 Å². The summed E-state index contributed by atoms with van der Waals surface area (Å²) in [7, 11) is 0. The van der Waals surface area contributed by atoms with Crippen molar-refractivity contribution in [3.63, 3.8) is 0 Å². The molecular formula is C28H47BCl2SiSn2. The van der Waals surface area contributed by atoms with Gasteiger partial charge in [-0.05, 0) is 0 Å². The van der Waals surface area contributed by atoms with Crippen molar-refractivity contribution >= 4 is 77.5 Å². The maximum atomic E-state index is 7.66. The van der Waals surface area contributed by atoms with Crippen molar-refractivity contribution in [3.8, 4) is 0 Å². The molecule has 0 aromatic heterocycles. The Morgan fingerprint density at radius 2 is 1.44 bits per heavy atom. The van der Waals surface area contributed by atoms with E-state index < -0.39 is 43.4 Å². The Balaban J connectivity index is 2.30. The number of fused-ring (bicyclic) bond motifs is 2. The number of allylic oxidation sites excluding steroid dienone is 1. The number of hydrogen-bond acceptors (Lipinski definition) is 0. The fourth-order valence-electron chi connectivity index (χ4n) is 7.18. The topological polar surface area (TPSA) is 0 Å². The molecule has 2 aliphatic heterocycles. The SMILES string of the molecule is CCCC[C@H](B1C2CCCC1CCC2)C(=C=[C]([Sn]([CH3])([CH3])[CH3])[Sn]([CH3])([CH3])[CH3])[Si](Cl)(Cl)c1ccccc1. The Morgan fingerprint density at radius 3 is 1.88 bits per heavy atom. The number of unbranched alkanes of at least 4 members (excludes halogenated alkanes) is 1. The van der Waals surface area contributed by atoms with Crippen molar-refractivity contribution in [2.75, 3.05) is 0 Å². The number of rotatable bonds is 9. The summed E-state index contributed by atoms with van der Waals surface area (Å²) in [5, 5.41) is 2.54. The molecule has 1 aromatic rings. The van der Waals surface area contributed by atoms with E-state index in [4.69, 9.17) is 22.2 Å². The molecule has 188 valence electrons. The van der Waals surface area contributed by atoms with Crippen LogP contribution in [0.2, 0.25) is 47.1 Å². The Labute approximate surface area is 230 Å². The molecule has 34 heavy (non-hydrogen) atoms. The fourth-order valence-corrected chi connectivity index (χ4v) is 64.2. The predicted molar refractivity (Wildman–Crippen MR) is 165 cm³/mol. The second kappa shape index (κ2) is 12.4. The summed E-state index contributed by atoms with van der Waals surface area (Å²) in [6.45, 7) is 0.220. The Kier molecular flexibility index (Phi) is 10.8. The van der Waals surface area contributed by atoms with Crippen LogP contribution in [0.25, 0.3) is 0 Å². The van der Waals surface area contributed by atoms with Crippen LogP contribution in [0.15, 0.2) is 42.9 Å². The van der Waals surface area contributed by atoms with Crippen LogP contribution in [-0.4, -0.2) is 50.2 Å². The van der Waals surface area contributed by atoms with E-state index in [1.807, 2.05) is 0 Å². The predicted octanol–water partition coefficient (Wildman–Crippen LogP) is 9.72. The van der Waals surface area contributed by atoms with Crippen LogP contribution < -0.4 is 5.19 Å². The zero-order chi connectivity index (χ0) is 25.1. The second-order valence-electron chi connectivity index (χ2n) is 13.1. The van der Waals surface area contributed by atoms with Gasteiger partial charge in [0.25, 0.3) is 0 Å². The van der Waals surface area contributed by atoms with Crippen LogP contribution in [0.1, 0.15) is 64.7 Å². The zero-order valence-electron chi connectivity index (χ0n) is 22.8. The van der Waals surface area contributed by atoms with E-state index in [-0.39, 0.29) is 0 Å². The molecule has 2 bridgehead atoms. The third-order valence-corrected chi connectivity index (χ3v) is 51.1. The van der Waals surface area contributed by atoms with Gasteiger partial charge in [0.15, 0.2) is 0 Å². The van der Waals surface area contributed by atoms with Crippen molar-refractivity contribution in [2.24, 2.45) is 0 Å². The van der Waals surface area contributed by atoms with E-state index in [1.54, 1.807) is 1.60 Å². The maximum absolute atomic E-state index is 7.66. The molecule has 0 radical (unpaired) electrons. The van der Waals surface area contributed by atoms with Gasteiger partial charge in [0.05, 0.1) is 0 Å². The summed E-state index contributed by atoms with van der Waals surface area (Å²) in [5.41, 5.74) is 4.29. The van der Waals surface area contributed by atoms with Crippen LogP contribution in [0.4, 0.5) is 0 Å². The van der Waals surface area contributed by atoms with E-state index in [2.05, 4.69) is 72.6 Å². The van der Waals surface area contributed by atoms with Gasteiger partial charge < -0.3 is 0 Å². The van der Waals surface area contributed by atoms with E-state index in [1.165, 1.54) is 63.0 Å². The first-order valence-electron chi connectivity index (χ1n) is 13.8. The quantitative estimate of drug-likeness (QED) is 0.135. The fraction of sp³-hybridized carbons (Fsp3) is 0.679. The molecule has 2 fully saturated rings. The standard InChI is InChI=1S/C22H29BCl2Si.6CH3.2Sn/c1-3-5-17-21(23-18-11-9-12-19(23)14-10-13-18)22(4-2)26(24,25)20-15-7-6-8-16-20;;;;;;;;/h6-8,15-16,18-19,21H,3,5,9-14,17H2,1H3;6*1H3;;/t18?,19?,21-;;;;;;;;/m0......../s1. The number of benzene rings is 1. The van der Waals surface area contributed by atoms with Crippen molar-refractivity contribution in [3.05, 3.63) is 42.9 Å². The molecule has 0 amide bonds. The van der Waals surface area contributed by atoms with Gasteiger partial charge in [-0.2, -0.15) is 0 Å². The average molecular weight is 731 g/mol. The molecule has 1 aromatic carbocycles. The third-order valence-electron chi connectivity index (χ3n) is 8.33. The summed E-state index contributed by atoms with van der Waals surface area (Å²) in [6.07, 6.45) is 12.2. The Morgan fingerprint density at radius 1 is 0.941 bits per heavy atom. The van der Waals surface area contributed by atoms with Gasteiger partial charge in [0.1, 0.15) is 0 Å². The van der Waals surface area contributed by atoms with E-state index >= 15 is 0 Å². The second-order valence-corrected chi connectivity index (χ2v) is 51.9. The first-order chi connectivity index (χ1) is 15.9. The van der Waals surface area contributed by atoms with Gasteiger partial charge in [-0.1, -0.05) is 0 Å². The van der Waals surface area contributed by atoms with Gasteiger partial charge in [0, 0.05) is 0 Å². The molecule has 0 unspecified atom stereocenters. The van der Waals surface area contributed by atoms with Crippen LogP contribution in [-0.2, 0) is 0 Å². The van der Waals surface area contributed by atoms with Gasteiger partial charge in [-0.15, -0.1) is 0 Å². The van der Waals surface area contributed by atoms with Gasteiger partial charge in [0.2, 0.25) is 0 Å². The molecule has 3 rings (SSSR count). The van der Waals surface area contributed by atoms with E-state index in [0.29, 0.717) is 5.82 Å². The number of halogens is 2. The Hall–Kier alpha value is 1.20. The summed E-state index contributed by atoms with van der Waals surface area (Å²) < 4.78 is 1.77. The van der Waals surface area contributed by atoms with Crippen LogP contribution in [0.3, 0.4) is 0 Å². The average Bonchev–Trinajstić information content (AvgIpc) is 2.74. The summed E-state index contributed by atoms with van der Waals surface area (Å²) in [4.78, 5) is 15.5. The summed E-state index contributed by atoms with van der Waals surface area (Å²) in [6, 6.07) is 10.7. The first-order valence-corrected chi connectivity index (χ1v) is 37.8. The van der Waals surface area contributed by atoms with Crippen LogP contribution >= 0.6 is 22.2 Å². The molecule has 0 spiro atoms. The Bertz CT molecular complexity index is 844. The molecule has 0 N–H and O–H groups in total. The zero-order valence-corrected chi connectivity index (χ0v) is 31.0. The van der Waals surface area contributed by atoms with Crippen molar-refractivity contribution in [1.82, 2.24) is 0 Å². The molecule has 0 saturated carbocycles. The minimum absolute atomic E-state index is 0.509. The number of hydrogen-bond donors (Lipinski definition) is 0. The molecule has 1 atom stereocenters. The summed E-state index contributed by atoms with van der Waals surface area (Å²) in [5.74, 6) is 2.23. The molecule has 2 saturated heterocycles. The molecule has 2 heterocycles. The van der Waals surface area contributed by atoms with Crippen molar-refractivity contribution in [1.29, 1.82) is 0 Å². The minimum atomic E-state index is -2.88. The van der Waals surface area contributed by atoms with Crippen LogP contribution in [0.5, 0.6) is 0 Å². The van der Waals surface area contributed by atoms with E-state index in [9.17, 15) is 0 Å². The first kappa shape index (κ1) is 29.8. The van der Waals surface area contributed by atoms with Gasteiger partial charge in [-0.3, -0.25) is 0 Å². The van der Waals surface area contributed by atoms with Gasteiger partial charge >= 0.3 is 232 Å². The molecular weight excluding hydrogens is 684 g/mol. The summed E-state index contributed by atoms with van der Waals surface area (Å²) >= 11 is 10.6. The normalized spacial score (nSPS) is 22.2. The van der Waals surface area contributed by atoms with Gasteiger partial charge in [-0.25, -0.2) is 0 Å². The molecule has 0 nitrogen and oxygen atoms in total. The van der Waals surface area contributed by atoms with E-state index in [0.717, 1.165) is 23.5 Å².